The van der Waals surface area contributed by atoms with Crippen molar-refractivity contribution in [2.45, 2.75) is 50.7 Å². The normalized spacial score (nSPS) is 17.1. The molecule has 1 N–H and O–H groups in total. The summed E-state index contributed by atoms with van der Waals surface area (Å²) in [5.41, 5.74) is 1.49. The Bertz CT molecular complexity index is 700. The summed E-state index contributed by atoms with van der Waals surface area (Å²) in [5, 5.41) is 11.4. The van der Waals surface area contributed by atoms with E-state index in [2.05, 4.69) is 20.6 Å². The number of hydrogen-bond acceptors (Lipinski definition) is 5. The highest BCUT2D eigenvalue weighted by Gasteiger charge is 2.25. The van der Waals surface area contributed by atoms with Crippen LogP contribution < -0.4 is 10.1 Å². The maximum atomic E-state index is 12.1. The molecule has 0 aliphatic carbocycles. The molecule has 3 heterocycles. The quantitative estimate of drug-likeness (QED) is 0.688. The summed E-state index contributed by atoms with van der Waals surface area (Å²) in [4.78, 5) is 4.16. The number of pyridine rings is 1. The minimum atomic E-state index is -4.07. The van der Waals surface area contributed by atoms with Gasteiger partial charge in [-0.25, -0.2) is 4.68 Å². The minimum Gasteiger partial charge on any atom is -0.490 e. The largest absolute Gasteiger partial charge is 0.490 e. The van der Waals surface area contributed by atoms with Crippen LogP contribution in [0.2, 0.25) is 0 Å². The number of nitrogens with zero attached hydrogens (tertiary/aromatic N) is 4. The summed E-state index contributed by atoms with van der Waals surface area (Å²) in [5.74, 6) is 0.667. The van der Waals surface area contributed by atoms with E-state index in [1.54, 1.807) is 23.3 Å². The molecule has 142 valence electrons. The number of hydrogen-bond donors (Lipinski definition) is 1. The minimum absolute atomic E-state index is 0.150. The third-order valence-electron chi connectivity index (χ3n) is 4.27. The van der Waals surface area contributed by atoms with E-state index in [-0.39, 0.29) is 6.42 Å². The zero-order chi connectivity index (χ0) is 18.4. The van der Waals surface area contributed by atoms with Gasteiger partial charge in [0.1, 0.15) is 12.4 Å². The maximum absolute atomic E-state index is 12.1. The lowest BCUT2D eigenvalue weighted by atomic mass is 10.1. The third kappa shape index (κ3) is 5.69. The van der Waals surface area contributed by atoms with Crippen LogP contribution in [0.1, 0.15) is 37.8 Å². The van der Waals surface area contributed by atoms with Crippen LogP contribution in [0.4, 0.5) is 13.2 Å². The summed E-state index contributed by atoms with van der Waals surface area (Å²) in [6, 6.07) is 2.24. The molecule has 1 aliphatic rings. The molecule has 1 aliphatic heterocycles. The average Bonchev–Trinajstić information content (AvgIpc) is 3.01. The molecule has 0 aromatic carbocycles. The van der Waals surface area contributed by atoms with E-state index in [9.17, 15) is 13.2 Å². The second-order valence-corrected chi connectivity index (χ2v) is 6.46. The Morgan fingerprint density at radius 1 is 1.23 bits per heavy atom. The molecule has 0 spiro atoms. The monoisotopic (exact) mass is 369 g/mol. The first-order chi connectivity index (χ1) is 12.5. The van der Waals surface area contributed by atoms with E-state index in [1.165, 1.54) is 0 Å². The number of aryl methyl sites for hydroxylation is 1. The highest BCUT2D eigenvalue weighted by molar-refractivity contribution is 5.34. The lowest BCUT2D eigenvalue weighted by Gasteiger charge is -2.27. The standard InChI is InChI=1S/C17H22F3N5O/c18-17(19,20)6-3-1-2-4-13-11-25(24-23-13)15-8-16(10-21-9-15)26-12-14-5-7-22-14/h8-11,14,22H,1-7,12H2/t14-/m0/s1. The summed E-state index contributed by atoms with van der Waals surface area (Å²) in [7, 11) is 0. The van der Waals surface area contributed by atoms with Gasteiger partial charge in [-0.1, -0.05) is 11.6 Å². The molecule has 9 heteroatoms. The fraction of sp³-hybridized carbons (Fsp3) is 0.588. The van der Waals surface area contributed by atoms with Gasteiger partial charge in [0.15, 0.2) is 0 Å². The average molecular weight is 369 g/mol. The van der Waals surface area contributed by atoms with Gasteiger partial charge in [0, 0.05) is 18.5 Å². The summed E-state index contributed by atoms with van der Waals surface area (Å²) >= 11 is 0. The van der Waals surface area contributed by atoms with Crippen LogP contribution in [-0.2, 0) is 6.42 Å². The van der Waals surface area contributed by atoms with Crippen LogP contribution in [0.3, 0.4) is 0 Å². The van der Waals surface area contributed by atoms with Crippen LogP contribution in [-0.4, -0.2) is 45.3 Å². The number of aromatic nitrogens is 4. The molecule has 1 saturated heterocycles. The Morgan fingerprint density at radius 2 is 2.08 bits per heavy atom. The molecule has 2 aromatic heterocycles. The Morgan fingerprint density at radius 3 is 2.81 bits per heavy atom. The summed E-state index contributed by atoms with van der Waals surface area (Å²) in [6.45, 7) is 1.63. The van der Waals surface area contributed by atoms with Gasteiger partial charge in [0.2, 0.25) is 0 Å². The van der Waals surface area contributed by atoms with Crippen molar-refractivity contribution in [2.75, 3.05) is 13.2 Å². The second kappa shape index (κ2) is 8.48. The van der Waals surface area contributed by atoms with Gasteiger partial charge in [-0.15, -0.1) is 5.10 Å². The van der Waals surface area contributed by atoms with Crippen molar-refractivity contribution in [3.8, 4) is 11.4 Å². The molecule has 0 unspecified atom stereocenters. The molecule has 1 atom stereocenters. The van der Waals surface area contributed by atoms with Crippen LogP contribution in [0, 0.1) is 0 Å². The number of rotatable bonds is 9. The van der Waals surface area contributed by atoms with Crippen LogP contribution in [0.15, 0.2) is 24.7 Å². The predicted molar refractivity (Wildman–Crippen MR) is 89.3 cm³/mol. The molecule has 0 saturated carbocycles. The number of nitrogens with one attached hydrogen (secondary N) is 1. The molecular weight excluding hydrogens is 347 g/mol. The van der Waals surface area contributed by atoms with E-state index >= 15 is 0 Å². The second-order valence-electron chi connectivity index (χ2n) is 6.46. The van der Waals surface area contributed by atoms with E-state index in [1.807, 2.05) is 6.07 Å². The van der Waals surface area contributed by atoms with E-state index in [4.69, 9.17) is 4.74 Å². The Hall–Kier alpha value is -2.16. The van der Waals surface area contributed by atoms with Crippen molar-refractivity contribution in [2.24, 2.45) is 0 Å². The molecule has 0 amide bonds. The van der Waals surface area contributed by atoms with Crippen molar-refractivity contribution in [3.63, 3.8) is 0 Å². The van der Waals surface area contributed by atoms with Crippen molar-refractivity contribution in [1.82, 2.24) is 25.3 Å². The molecule has 1 fully saturated rings. The first-order valence-electron chi connectivity index (χ1n) is 8.79. The van der Waals surface area contributed by atoms with Crippen LogP contribution >= 0.6 is 0 Å². The van der Waals surface area contributed by atoms with Gasteiger partial charge in [0.25, 0.3) is 0 Å². The van der Waals surface area contributed by atoms with Gasteiger partial charge < -0.3 is 10.1 Å². The fourth-order valence-corrected chi connectivity index (χ4v) is 2.65. The highest BCUT2D eigenvalue weighted by Crippen LogP contribution is 2.23. The van der Waals surface area contributed by atoms with Crippen molar-refractivity contribution in [1.29, 1.82) is 0 Å². The van der Waals surface area contributed by atoms with Gasteiger partial charge in [-0.3, -0.25) is 4.98 Å². The lowest BCUT2D eigenvalue weighted by Crippen LogP contribution is -2.46. The molecule has 0 bridgehead atoms. The van der Waals surface area contributed by atoms with Crippen LogP contribution in [0.25, 0.3) is 5.69 Å². The Balaban J connectivity index is 1.47. The molecule has 6 nitrogen and oxygen atoms in total. The smallest absolute Gasteiger partial charge is 0.389 e. The van der Waals surface area contributed by atoms with Crippen molar-refractivity contribution >= 4 is 0 Å². The van der Waals surface area contributed by atoms with Crippen molar-refractivity contribution < 1.29 is 17.9 Å². The lowest BCUT2D eigenvalue weighted by molar-refractivity contribution is -0.135. The molecule has 3 rings (SSSR count). The number of alkyl halides is 3. The van der Waals surface area contributed by atoms with E-state index < -0.39 is 12.6 Å². The zero-order valence-corrected chi connectivity index (χ0v) is 14.4. The Kier molecular flexibility index (Phi) is 6.08. The van der Waals surface area contributed by atoms with Gasteiger partial charge in [-0.05, 0) is 32.2 Å². The van der Waals surface area contributed by atoms with Gasteiger partial charge in [-0.2, -0.15) is 13.2 Å². The van der Waals surface area contributed by atoms with Gasteiger partial charge >= 0.3 is 6.18 Å². The SMILES string of the molecule is FC(F)(F)CCCCCc1cn(-c2cncc(OC[C@@H]3CCN3)c2)nn1. The van der Waals surface area contributed by atoms with E-state index in [0.717, 1.165) is 24.3 Å². The third-order valence-corrected chi connectivity index (χ3v) is 4.27. The zero-order valence-electron chi connectivity index (χ0n) is 14.4. The van der Waals surface area contributed by atoms with E-state index in [0.29, 0.717) is 37.7 Å². The predicted octanol–water partition coefficient (Wildman–Crippen LogP) is 3.07. The number of unbranched alkanes of at least 4 members (excludes halogenated alkanes) is 2. The summed E-state index contributed by atoms with van der Waals surface area (Å²) in [6.07, 6.45) is 3.34. The Labute approximate surface area is 149 Å². The number of ether oxygens (including phenoxy) is 1. The number of halogens is 3. The topological polar surface area (TPSA) is 64.9 Å². The molecule has 26 heavy (non-hydrogen) atoms. The highest BCUT2D eigenvalue weighted by atomic mass is 19.4. The van der Waals surface area contributed by atoms with Crippen LogP contribution in [0.5, 0.6) is 5.75 Å². The summed E-state index contributed by atoms with van der Waals surface area (Å²) < 4.78 is 43.6. The molecular formula is C17H22F3N5O. The van der Waals surface area contributed by atoms with Gasteiger partial charge in [0.05, 0.1) is 30.0 Å². The fourth-order valence-electron chi connectivity index (χ4n) is 2.65. The molecule has 0 radical (unpaired) electrons. The first kappa shape index (κ1) is 18.6. The molecule has 2 aromatic rings. The first-order valence-corrected chi connectivity index (χ1v) is 8.79. The van der Waals surface area contributed by atoms with Crippen molar-refractivity contribution in [3.05, 3.63) is 30.4 Å². The maximum Gasteiger partial charge on any atom is 0.389 e.